The number of carbonyl (C=O) groups is 8. The summed E-state index contributed by atoms with van der Waals surface area (Å²) in [6.07, 6.45) is 0.693. The van der Waals surface area contributed by atoms with E-state index >= 15 is 0 Å². The Morgan fingerprint density at radius 3 is 2.08 bits per heavy atom. The molecule has 6 amide bonds. The smallest absolute Gasteiger partial charge is 0.407 e. The number of esters is 2. The molecule has 1 aromatic rings. The molecule has 1 aliphatic heterocycles. The Bertz CT molecular complexity index is 2170. The summed E-state index contributed by atoms with van der Waals surface area (Å²) in [6, 6.07) is 3.10. The van der Waals surface area contributed by atoms with Crippen molar-refractivity contribution in [2.24, 2.45) is 23.5 Å². The van der Waals surface area contributed by atoms with E-state index in [0.29, 0.717) is 75.2 Å². The number of nitrogens with zero attached hydrogens (tertiary/aromatic N) is 2. The van der Waals surface area contributed by atoms with Crippen LogP contribution in [0, 0.1) is 17.8 Å². The van der Waals surface area contributed by atoms with Crippen LogP contribution in [0.25, 0.3) is 0 Å². The van der Waals surface area contributed by atoms with Crippen molar-refractivity contribution in [3.05, 3.63) is 58.1 Å². The highest BCUT2D eigenvalue weighted by Crippen LogP contribution is 2.27. The van der Waals surface area contributed by atoms with Crippen LogP contribution in [0.3, 0.4) is 0 Å². The first-order valence-electron chi connectivity index (χ1n) is 27.0. The second-order valence-corrected chi connectivity index (χ2v) is 21.3. The number of ether oxygens (including phenoxy) is 6. The molecule has 0 saturated heterocycles. The second-order valence-electron chi connectivity index (χ2n) is 20.8. The van der Waals surface area contributed by atoms with Crippen LogP contribution >= 0.6 is 11.6 Å². The molecule has 0 aromatic heterocycles. The lowest BCUT2D eigenvalue weighted by Crippen LogP contribution is -2.60. The van der Waals surface area contributed by atoms with Crippen molar-refractivity contribution in [2.45, 2.75) is 157 Å². The van der Waals surface area contributed by atoms with Gasteiger partial charge >= 0.3 is 18.0 Å². The van der Waals surface area contributed by atoms with Crippen molar-refractivity contribution in [1.29, 1.82) is 0 Å². The van der Waals surface area contributed by atoms with Crippen molar-refractivity contribution in [1.82, 2.24) is 31.1 Å². The molecule has 0 fully saturated rings. The Labute approximate surface area is 467 Å². The Morgan fingerprint density at radius 1 is 0.897 bits per heavy atom. The summed E-state index contributed by atoms with van der Waals surface area (Å²) in [5.74, 6) is -6.48. The molecule has 1 aromatic carbocycles. The van der Waals surface area contributed by atoms with Crippen molar-refractivity contribution < 1.29 is 66.8 Å². The lowest BCUT2D eigenvalue weighted by Gasteiger charge is -2.35. The van der Waals surface area contributed by atoms with Crippen LogP contribution < -0.4 is 27.0 Å². The van der Waals surface area contributed by atoms with E-state index < -0.39 is 108 Å². The average molecular weight is 1120 g/mol. The third kappa shape index (κ3) is 23.8. The number of allylic oxidation sites excluding steroid dienone is 1. The van der Waals surface area contributed by atoms with Gasteiger partial charge in [0.15, 0.2) is 6.10 Å². The van der Waals surface area contributed by atoms with Crippen LogP contribution in [-0.2, 0) is 68.4 Å². The molecule has 440 valence electrons. The van der Waals surface area contributed by atoms with E-state index in [2.05, 4.69) is 21.3 Å². The Balaban J connectivity index is 2.59. The molecule has 0 saturated carbocycles. The number of hydrogen-bond donors (Lipinski definition) is 5. The second kappa shape index (κ2) is 35.1. The molecular weight excluding hydrogens is 1030 g/mol. The molecule has 1 heterocycles. The summed E-state index contributed by atoms with van der Waals surface area (Å²) in [7, 11) is 2.80. The SMILES string of the molecule is C/C=C(\C)[C@H]1OC(=O)C(C)(C)NC(=O)[C@H]([C@H](C)CC)NC(=O)CN(C)C(=O)[C@H](Cc2ccc(Cl)cc2)N(C)C(=O)[C@H](C)NC(=O)[C@H](CC(C)C)OC(=O)/C(C)=C\C[C@H](OC(=O)NCCCOCCOCCOCCCN)[C@H]1C. The first kappa shape index (κ1) is 68.5. The normalized spacial score (nSPS) is 24.3. The quantitative estimate of drug-likeness (QED) is 0.0479. The van der Waals surface area contributed by atoms with Crippen LogP contribution in [0.2, 0.25) is 5.02 Å². The third-order valence-electron chi connectivity index (χ3n) is 13.3. The zero-order valence-corrected chi connectivity index (χ0v) is 49.1. The Kier molecular flexibility index (Phi) is 30.8. The minimum atomic E-state index is -1.68. The summed E-state index contributed by atoms with van der Waals surface area (Å²) in [5, 5.41) is 11.4. The van der Waals surface area contributed by atoms with E-state index in [4.69, 9.17) is 45.8 Å². The number of nitrogens with one attached hydrogen (secondary N) is 4. The predicted molar refractivity (Wildman–Crippen MR) is 296 cm³/mol. The molecular formula is C56H90ClN7O14. The van der Waals surface area contributed by atoms with Gasteiger partial charge in [-0.1, -0.05) is 76.9 Å². The number of benzene rings is 1. The molecule has 22 heteroatoms. The van der Waals surface area contributed by atoms with Gasteiger partial charge < -0.3 is 65.2 Å². The summed E-state index contributed by atoms with van der Waals surface area (Å²) < 4.78 is 34.6. The monoisotopic (exact) mass is 1120 g/mol. The first-order valence-corrected chi connectivity index (χ1v) is 27.4. The van der Waals surface area contributed by atoms with Gasteiger partial charge in [-0.25, -0.2) is 14.4 Å². The fourth-order valence-electron chi connectivity index (χ4n) is 8.08. The molecule has 1 aliphatic rings. The van der Waals surface area contributed by atoms with E-state index in [1.165, 1.54) is 52.8 Å². The van der Waals surface area contributed by atoms with Gasteiger partial charge in [0.25, 0.3) is 5.91 Å². The van der Waals surface area contributed by atoms with Gasteiger partial charge in [-0.3, -0.25) is 24.0 Å². The fourth-order valence-corrected chi connectivity index (χ4v) is 8.21. The van der Waals surface area contributed by atoms with Crippen LogP contribution in [0.4, 0.5) is 4.79 Å². The highest BCUT2D eigenvalue weighted by Gasteiger charge is 2.41. The van der Waals surface area contributed by atoms with Crippen molar-refractivity contribution in [2.75, 3.05) is 73.4 Å². The van der Waals surface area contributed by atoms with Crippen molar-refractivity contribution in [3.63, 3.8) is 0 Å². The van der Waals surface area contributed by atoms with Crippen LogP contribution in [0.5, 0.6) is 0 Å². The number of carbonyl (C=O) groups excluding carboxylic acids is 8. The number of likely N-dealkylation sites (N-methyl/N-ethyl adjacent to an activating group) is 2. The molecule has 0 bridgehead atoms. The summed E-state index contributed by atoms with van der Waals surface area (Å²) in [6.45, 7) is 21.0. The predicted octanol–water partition coefficient (Wildman–Crippen LogP) is 4.80. The van der Waals surface area contributed by atoms with Gasteiger partial charge in [0, 0.05) is 63.2 Å². The van der Waals surface area contributed by atoms with Gasteiger partial charge in [0.2, 0.25) is 23.6 Å². The first-order chi connectivity index (χ1) is 36.8. The van der Waals surface area contributed by atoms with Gasteiger partial charge in [0.1, 0.15) is 35.9 Å². The Hall–Kier alpha value is -5.61. The minimum Gasteiger partial charge on any atom is -0.456 e. The number of rotatable bonds is 21. The number of nitrogens with two attached hydrogens (primary N) is 1. The summed E-state index contributed by atoms with van der Waals surface area (Å²) in [4.78, 5) is 115. The maximum Gasteiger partial charge on any atom is 0.407 e. The number of amides is 6. The average Bonchev–Trinajstić information content (AvgIpc) is 3.39. The van der Waals surface area contributed by atoms with Crippen LogP contribution in [0.15, 0.2) is 47.6 Å². The topological polar surface area (TPSA) is 273 Å². The van der Waals surface area contributed by atoms with E-state index in [0.717, 1.165) is 11.3 Å². The largest absolute Gasteiger partial charge is 0.456 e. The summed E-state index contributed by atoms with van der Waals surface area (Å²) in [5.41, 5.74) is 5.08. The molecule has 6 N–H and O–H groups in total. The number of cyclic esters (lactones) is 2. The van der Waals surface area contributed by atoms with Crippen molar-refractivity contribution in [3.8, 4) is 0 Å². The molecule has 78 heavy (non-hydrogen) atoms. The lowest BCUT2D eigenvalue weighted by atomic mass is 9.90. The molecule has 2 rings (SSSR count). The minimum absolute atomic E-state index is 0.00251. The zero-order valence-electron chi connectivity index (χ0n) is 48.3. The highest BCUT2D eigenvalue weighted by atomic mass is 35.5. The standard InChI is InChI=1S/C56H90ClN7O14/c1-14-36(5)47-50(67)62-56(10,11)54(71)78-48(37(6)15-2)39(8)44(77-55(72)59-25-17-27-74-29-31-75-30-28-73-26-16-24-58)23-18-38(7)53(70)76-45(32-35(3)4)49(66)60-40(9)51(68)64(13)43(33-41-19-21-42(57)22-20-41)52(69)63(12)34-46(65)61-47/h15,18-22,35-36,39-40,43-45,47-48H,14,16-17,23-34,58H2,1-13H3,(H,59,72)(H,60,66)(H,61,65)(H,62,67)/b37-15+,38-18-/t36-,39-,40+,43+,44+,45+,47+,48-/m1/s1. The molecule has 0 spiro atoms. The van der Waals surface area contributed by atoms with Crippen molar-refractivity contribution >= 4 is 59.2 Å². The third-order valence-corrected chi connectivity index (χ3v) is 13.6. The van der Waals surface area contributed by atoms with Gasteiger partial charge in [-0.05, 0) is 102 Å². The fraction of sp³-hybridized carbons (Fsp3) is 0.679. The Morgan fingerprint density at radius 2 is 1.50 bits per heavy atom. The van der Waals surface area contributed by atoms with Gasteiger partial charge in [-0.15, -0.1) is 0 Å². The van der Waals surface area contributed by atoms with Gasteiger partial charge in [-0.2, -0.15) is 0 Å². The number of alkyl carbamates (subject to hydrolysis) is 1. The van der Waals surface area contributed by atoms with E-state index in [1.807, 2.05) is 20.8 Å². The van der Waals surface area contributed by atoms with E-state index in [1.54, 1.807) is 58.0 Å². The molecule has 0 aliphatic carbocycles. The van der Waals surface area contributed by atoms with E-state index in [9.17, 15) is 38.4 Å². The van der Waals surface area contributed by atoms with Crippen LogP contribution in [0.1, 0.15) is 114 Å². The zero-order chi connectivity index (χ0) is 58.7. The molecule has 0 radical (unpaired) electrons. The highest BCUT2D eigenvalue weighted by molar-refractivity contribution is 6.30. The lowest BCUT2D eigenvalue weighted by molar-refractivity contribution is -0.160. The maximum atomic E-state index is 14.4. The van der Waals surface area contributed by atoms with Gasteiger partial charge in [0.05, 0.1) is 33.0 Å². The molecule has 21 nitrogen and oxygen atoms in total. The van der Waals surface area contributed by atoms with Crippen LogP contribution in [-0.4, -0.2) is 173 Å². The maximum absolute atomic E-state index is 14.4. The molecule has 0 unspecified atom stereocenters. The van der Waals surface area contributed by atoms with E-state index in [-0.39, 0.29) is 37.3 Å². The number of hydrogen-bond acceptors (Lipinski definition) is 15. The summed E-state index contributed by atoms with van der Waals surface area (Å²) >= 11 is 6.16. The number of halogens is 1. The molecule has 8 atom stereocenters.